The smallest absolute Gasteiger partial charge is 0.282 e. The van der Waals surface area contributed by atoms with Gasteiger partial charge in [0, 0.05) is 68.1 Å². The van der Waals surface area contributed by atoms with E-state index in [0.29, 0.717) is 36.8 Å². The molecule has 1 atom stereocenters. The molecule has 2 aliphatic heterocycles. The zero-order valence-electron chi connectivity index (χ0n) is 19.8. The van der Waals surface area contributed by atoms with Gasteiger partial charge < -0.3 is 9.80 Å². The highest BCUT2D eigenvalue weighted by Gasteiger charge is 2.36. The molecule has 0 radical (unpaired) electrons. The predicted octanol–water partition coefficient (Wildman–Crippen LogP) is 2.74. The number of carbonyl (C=O) groups is 2. The van der Waals surface area contributed by atoms with Crippen LogP contribution in [-0.4, -0.2) is 80.0 Å². The number of hydrogen-bond acceptors (Lipinski definition) is 7. The van der Waals surface area contributed by atoms with Gasteiger partial charge in [-0.2, -0.15) is 0 Å². The largest absolute Gasteiger partial charge is 0.334 e. The average Bonchev–Trinajstić information content (AvgIpc) is 3.53. The van der Waals surface area contributed by atoms with E-state index in [4.69, 9.17) is 0 Å². The Morgan fingerprint density at radius 3 is 2.47 bits per heavy atom. The molecule has 36 heavy (non-hydrogen) atoms. The Hall–Kier alpha value is -3.28. The minimum absolute atomic E-state index is 0.0218. The van der Waals surface area contributed by atoms with Crippen LogP contribution in [-0.2, 0) is 14.8 Å². The van der Waals surface area contributed by atoms with Crippen molar-refractivity contribution in [2.24, 2.45) is 0 Å². The summed E-state index contributed by atoms with van der Waals surface area (Å²) in [7, 11) is -3.35. The monoisotopic (exact) mass is 525 g/mol. The van der Waals surface area contributed by atoms with Crippen molar-refractivity contribution in [1.82, 2.24) is 14.8 Å². The Balaban J connectivity index is 1.21. The summed E-state index contributed by atoms with van der Waals surface area (Å²) in [6.45, 7) is 3.35. The molecule has 1 unspecified atom stereocenters. The van der Waals surface area contributed by atoms with E-state index in [-0.39, 0.29) is 17.9 Å². The van der Waals surface area contributed by atoms with E-state index in [1.807, 2.05) is 45.5 Å². The molecule has 0 bridgehead atoms. The highest BCUT2D eigenvalue weighted by molar-refractivity contribution is 7.92. The molecule has 0 spiro atoms. The maximum Gasteiger partial charge on any atom is 0.282 e. The predicted molar refractivity (Wildman–Crippen MR) is 141 cm³/mol. The molecule has 2 aliphatic rings. The second-order valence-electron chi connectivity index (χ2n) is 9.03. The number of sulfonamides is 1. The molecule has 2 aromatic carbocycles. The fourth-order valence-electron chi connectivity index (χ4n) is 4.75. The minimum Gasteiger partial charge on any atom is -0.334 e. The van der Waals surface area contributed by atoms with Crippen molar-refractivity contribution in [3.63, 3.8) is 0 Å². The van der Waals surface area contributed by atoms with Crippen molar-refractivity contribution >= 4 is 44.5 Å². The van der Waals surface area contributed by atoms with Crippen molar-refractivity contribution in [1.29, 1.82) is 0 Å². The van der Waals surface area contributed by atoms with Gasteiger partial charge in [-0.3, -0.25) is 19.2 Å². The lowest BCUT2D eigenvalue weighted by atomic mass is 10.0. The molecule has 2 saturated heterocycles. The molecule has 3 aromatic rings. The van der Waals surface area contributed by atoms with Crippen molar-refractivity contribution in [3.8, 4) is 11.1 Å². The summed E-state index contributed by atoms with van der Waals surface area (Å²) in [5.41, 5.74) is 3.16. The van der Waals surface area contributed by atoms with Crippen LogP contribution in [0, 0.1) is 0 Å². The van der Waals surface area contributed by atoms with Gasteiger partial charge in [0.15, 0.2) is 5.01 Å². The normalized spacial score (nSPS) is 19.0. The van der Waals surface area contributed by atoms with E-state index in [9.17, 15) is 18.0 Å². The molecule has 1 N–H and O–H groups in total. The lowest BCUT2D eigenvalue weighted by molar-refractivity contribution is -0.117. The summed E-state index contributed by atoms with van der Waals surface area (Å²) in [5, 5.41) is 2.33. The zero-order chi connectivity index (χ0) is 25.3. The number of piperazine rings is 1. The molecule has 2 fully saturated rings. The first kappa shape index (κ1) is 24.4. The SMILES string of the molecule is CS(=O)(=O)Nc1cccc(-c2ccc(N3CC(N4CCN(C(=O)c5nccs5)CC4)CC3=O)cc2)c1. The van der Waals surface area contributed by atoms with Crippen LogP contribution in [0.1, 0.15) is 16.2 Å². The van der Waals surface area contributed by atoms with Crippen molar-refractivity contribution in [2.75, 3.05) is 48.6 Å². The number of rotatable bonds is 6. The van der Waals surface area contributed by atoms with Crippen LogP contribution in [0.15, 0.2) is 60.1 Å². The molecule has 3 heterocycles. The lowest BCUT2D eigenvalue weighted by Gasteiger charge is -2.37. The Labute approximate surface area is 214 Å². The van der Waals surface area contributed by atoms with Crippen molar-refractivity contribution < 1.29 is 18.0 Å². The van der Waals surface area contributed by atoms with E-state index in [1.165, 1.54) is 11.3 Å². The van der Waals surface area contributed by atoms with Gasteiger partial charge in [0.1, 0.15) is 0 Å². The summed E-state index contributed by atoms with van der Waals surface area (Å²) in [5.74, 6) is 0.0693. The number of amides is 2. The number of nitrogens with zero attached hydrogens (tertiary/aromatic N) is 4. The minimum atomic E-state index is -3.35. The van der Waals surface area contributed by atoms with Crippen LogP contribution in [0.2, 0.25) is 0 Å². The van der Waals surface area contributed by atoms with E-state index in [0.717, 1.165) is 36.2 Å². The van der Waals surface area contributed by atoms with Crippen LogP contribution in [0.25, 0.3) is 11.1 Å². The van der Waals surface area contributed by atoms with Gasteiger partial charge in [-0.1, -0.05) is 24.3 Å². The zero-order valence-corrected chi connectivity index (χ0v) is 21.5. The molecule has 5 rings (SSSR count). The second kappa shape index (κ2) is 10.00. The maximum atomic E-state index is 12.9. The molecule has 2 amide bonds. The fraction of sp³-hybridized carbons (Fsp3) is 0.320. The van der Waals surface area contributed by atoms with Crippen LogP contribution in [0.4, 0.5) is 11.4 Å². The molecule has 0 aliphatic carbocycles. The van der Waals surface area contributed by atoms with Crippen LogP contribution in [0.5, 0.6) is 0 Å². The van der Waals surface area contributed by atoms with Gasteiger partial charge in [0.05, 0.1) is 6.26 Å². The molecule has 11 heteroatoms. The fourth-order valence-corrected chi connectivity index (χ4v) is 5.90. The molecule has 188 valence electrons. The summed E-state index contributed by atoms with van der Waals surface area (Å²) in [6, 6.07) is 15.1. The van der Waals surface area contributed by atoms with E-state index in [2.05, 4.69) is 14.6 Å². The number of thiazole rings is 1. The molecular formula is C25H27N5O4S2. The highest BCUT2D eigenvalue weighted by atomic mass is 32.2. The molecule has 9 nitrogen and oxygen atoms in total. The van der Waals surface area contributed by atoms with Crippen LogP contribution < -0.4 is 9.62 Å². The first-order chi connectivity index (χ1) is 17.3. The van der Waals surface area contributed by atoms with Crippen molar-refractivity contribution in [2.45, 2.75) is 12.5 Å². The Bertz CT molecular complexity index is 1350. The standard InChI is InChI=1S/C25H27N5O4S2/c1-36(33,34)27-20-4-2-3-19(15-20)18-5-7-21(8-6-18)30-17-22(16-23(30)31)28-10-12-29(13-11-28)25(32)24-26-9-14-35-24/h2-9,14-15,22,27H,10-13,16-17H2,1H3. The third-order valence-electron chi connectivity index (χ3n) is 6.52. The molecular weight excluding hydrogens is 498 g/mol. The van der Waals surface area contributed by atoms with Gasteiger partial charge in [-0.15, -0.1) is 11.3 Å². The summed E-state index contributed by atoms with van der Waals surface area (Å²) >= 11 is 1.36. The van der Waals surface area contributed by atoms with Crippen LogP contribution in [0.3, 0.4) is 0 Å². The van der Waals surface area contributed by atoms with Gasteiger partial charge in [0.25, 0.3) is 5.91 Å². The Morgan fingerprint density at radius 2 is 1.81 bits per heavy atom. The van der Waals surface area contributed by atoms with E-state index in [1.54, 1.807) is 24.4 Å². The van der Waals surface area contributed by atoms with Gasteiger partial charge in [-0.05, 0) is 35.4 Å². The number of carbonyl (C=O) groups excluding carboxylic acids is 2. The third kappa shape index (κ3) is 5.43. The first-order valence-electron chi connectivity index (χ1n) is 11.7. The number of aromatic nitrogens is 1. The van der Waals surface area contributed by atoms with Crippen molar-refractivity contribution in [3.05, 3.63) is 65.1 Å². The Kier molecular flexibility index (Phi) is 6.78. The second-order valence-corrected chi connectivity index (χ2v) is 11.7. The Morgan fingerprint density at radius 1 is 1.06 bits per heavy atom. The number of anilines is 2. The lowest BCUT2D eigenvalue weighted by Crippen LogP contribution is -2.52. The third-order valence-corrected chi connectivity index (χ3v) is 7.88. The number of hydrogen-bond donors (Lipinski definition) is 1. The number of nitrogens with one attached hydrogen (secondary N) is 1. The summed E-state index contributed by atoms with van der Waals surface area (Å²) in [4.78, 5) is 35.5. The topological polar surface area (TPSA) is 103 Å². The van der Waals surface area contributed by atoms with Gasteiger partial charge in [-0.25, -0.2) is 13.4 Å². The van der Waals surface area contributed by atoms with Gasteiger partial charge >= 0.3 is 0 Å². The summed E-state index contributed by atoms with van der Waals surface area (Å²) < 4.78 is 25.6. The summed E-state index contributed by atoms with van der Waals surface area (Å²) in [6.07, 6.45) is 3.23. The first-order valence-corrected chi connectivity index (χ1v) is 14.5. The average molecular weight is 526 g/mol. The van der Waals surface area contributed by atoms with Gasteiger partial charge in [0.2, 0.25) is 15.9 Å². The molecule has 1 aromatic heterocycles. The quantitative estimate of drug-likeness (QED) is 0.531. The van der Waals surface area contributed by atoms with E-state index < -0.39 is 10.0 Å². The van der Waals surface area contributed by atoms with E-state index >= 15 is 0 Å². The number of benzene rings is 2. The molecule has 0 saturated carbocycles. The highest BCUT2D eigenvalue weighted by Crippen LogP contribution is 2.29. The maximum absolute atomic E-state index is 12.9. The van der Waals surface area contributed by atoms with Crippen LogP contribution >= 0.6 is 11.3 Å².